The lowest BCUT2D eigenvalue weighted by atomic mass is 10.1. The molecule has 2 rings (SSSR count). The summed E-state index contributed by atoms with van der Waals surface area (Å²) in [7, 11) is 2.09. The Morgan fingerprint density at radius 3 is 2.85 bits per heavy atom. The summed E-state index contributed by atoms with van der Waals surface area (Å²) < 4.78 is 0. The molecule has 0 aliphatic carbocycles. The molecule has 0 aromatic heterocycles. The van der Waals surface area contributed by atoms with E-state index in [-0.39, 0.29) is 11.9 Å². The molecule has 1 aromatic carbocycles. The molecule has 3 N–H and O–H groups in total. The highest BCUT2D eigenvalue weighted by atomic mass is 16.2. The van der Waals surface area contributed by atoms with E-state index < -0.39 is 0 Å². The van der Waals surface area contributed by atoms with Crippen molar-refractivity contribution in [3.63, 3.8) is 0 Å². The van der Waals surface area contributed by atoms with E-state index in [2.05, 4.69) is 22.2 Å². The van der Waals surface area contributed by atoms with E-state index in [1.54, 1.807) is 0 Å². The van der Waals surface area contributed by atoms with Gasteiger partial charge >= 0.3 is 0 Å². The van der Waals surface area contributed by atoms with E-state index >= 15 is 0 Å². The molecule has 0 spiro atoms. The predicted molar refractivity (Wildman–Crippen MR) is 81.7 cm³/mol. The van der Waals surface area contributed by atoms with Crippen molar-refractivity contribution in [1.29, 1.82) is 0 Å². The van der Waals surface area contributed by atoms with Crippen molar-refractivity contribution in [2.75, 3.05) is 45.1 Å². The van der Waals surface area contributed by atoms with Gasteiger partial charge < -0.3 is 16.0 Å². The molecule has 1 fully saturated rings. The fraction of sp³-hybridized carbons (Fsp3) is 0.533. The summed E-state index contributed by atoms with van der Waals surface area (Å²) in [5, 5.41) is 2.98. The molecule has 1 aromatic rings. The van der Waals surface area contributed by atoms with Crippen LogP contribution in [0.25, 0.3) is 0 Å². The standard InChI is InChI=1S/C15H24N4O/c1-12-5-3-4-6-14(12)17-15(20)11-19-8-7-18(2)10-13(19)9-16/h3-6,13H,7-11,16H2,1-2H3,(H,17,20). The zero-order chi connectivity index (χ0) is 14.5. The molecule has 5 heteroatoms. The van der Waals surface area contributed by atoms with Crippen LogP contribution >= 0.6 is 0 Å². The first-order chi connectivity index (χ1) is 9.60. The number of hydrogen-bond donors (Lipinski definition) is 2. The van der Waals surface area contributed by atoms with Gasteiger partial charge in [-0.15, -0.1) is 0 Å². The number of piperazine rings is 1. The number of nitrogens with zero attached hydrogens (tertiary/aromatic N) is 2. The minimum absolute atomic E-state index is 0.0299. The third-order valence-electron chi connectivity index (χ3n) is 3.85. The maximum Gasteiger partial charge on any atom is 0.238 e. The summed E-state index contributed by atoms with van der Waals surface area (Å²) in [6.45, 7) is 5.78. The average molecular weight is 276 g/mol. The summed E-state index contributed by atoms with van der Waals surface area (Å²) >= 11 is 0. The summed E-state index contributed by atoms with van der Waals surface area (Å²) in [6.07, 6.45) is 0. The van der Waals surface area contributed by atoms with Crippen molar-refractivity contribution in [2.45, 2.75) is 13.0 Å². The van der Waals surface area contributed by atoms with Gasteiger partial charge in [-0.05, 0) is 25.6 Å². The van der Waals surface area contributed by atoms with Crippen molar-refractivity contribution in [1.82, 2.24) is 9.80 Å². The number of rotatable bonds is 4. The lowest BCUT2D eigenvalue weighted by Gasteiger charge is -2.39. The van der Waals surface area contributed by atoms with Gasteiger partial charge in [0, 0.05) is 37.9 Å². The molecule has 1 unspecified atom stereocenters. The second-order valence-corrected chi connectivity index (χ2v) is 5.49. The number of nitrogens with two attached hydrogens (primary N) is 1. The first kappa shape index (κ1) is 15.0. The Labute approximate surface area is 120 Å². The van der Waals surface area contributed by atoms with Crippen LogP contribution in [0.2, 0.25) is 0 Å². The predicted octanol–water partition coefficient (Wildman–Crippen LogP) is 0.508. The van der Waals surface area contributed by atoms with Crippen LogP contribution in [0, 0.1) is 6.92 Å². The van der Waals surface area contributed by atoms with Crippen molar-refractivity contribution in [2.24, 2.45) is 5.73 Å². The van der Waals surface area contributed by atoms with Gasteiger partial charge in [0.25, 0.3) is 0 Å². The lowest BCUT2D eigenvalue weighted by molar-refractivity contribution is -0.118. The van der Waals surface area contributed by atoms with Crippen LogP contribution in [0.15, 0.2) is 24.3 Å². The Kier molecular flexibility index (Phi) is 5.11. The molecule has 20 heavy (non-hydrogen) atoms. The first-order valence-corrected chi connectivity index (χ1v) is 7.08. The Hall–Kier alpha value is -1.43. The largest absolute Gasteiger partial charge is 0.329 e. The molecule has 0 radical (unpaired) electrons. The monoisotopic (exact) mass is 276 g/mol. The Bertz CT molecular complexity index is 463. The molecule has 1 aliphatic rings. The van der Waals surface area contributed by atoms with Gasteiger partial charge in [-0.2, -0.15) is 0 Å². The SMILES string of the molecule is Cc1ccccc1NC(=O)CN1CCN(C)CC1CN. The number of carbonyl (C=O) groups is 1. The van der Waals surface area contributed by atoms with E-state index in [1.165, 1.54) is 0 Å². The maximum absolute atomic E-state index is 12.2. The molecule has 1 atom stereocenters. The number of carbonyl (C=O) groups excluding carboxylic acids is 1. The highest BCUT2D eigenvalue weighted by Crippen LogP contribution is 2.13. The number of para-hydroxylation sites is 1. The van der Waals surface area contributed by atoms with Crippen LogP contribution < -0.4 is 11.1 Å². The molecular weight excluding hydrogens is 252 g/mol. The molecule has 1 heterocycles. The molecule has 110 valence electrons. The van der Waals surface area contributed by atoms with Crippen molar-refractivity contribution in [3.8, 4) is 0 Å². The molecular formula is C15H24N4O. The van der Waals surface area contributed by atoms with Crippen LogP contribution in [-0.2, 0) is 4.79 Å². The topological polar surface area (TPSA) is 61.6 Å². The number of hydrogen-bond acceptors (Lipinski definition) is 4. The fourth-order valence-corrected chi connectivity index (χ4v) is 2.57. The number of nitrogens with one attached hydrogen (secondary N) is 1. The third kappa shape index (κ3) is 3.79. The number of benzene rings is 1. The Morgan fingerprint density at radius 1 is 1.40 bits per heavy atom. The van der Waals surface area contributed by atoms with E-state index in [0.29, 0.717) is 13.1 Å². The Morgan fingerprint density at radius 2 is 2.15 bits per heavy atom. The smallest absolute Gasteiger partial charge is 0.238 e. The van der Waals surface area contributed by atoms with Crippen LogP contribution in [0.4, 0.5) is 5.69 Å². The van der Waals surface area contributed by atoms with Crippen molar-refractivity contribution < 1.29 is 4.79 Å². The van der Waals surface area contributed by atoms with Gasteiger partial charge in [0.15, 0.2) is 0 Å². The minimum atomic E-state index is 0.0299. The summed E-state index contributed by atoms with van der Waals surface area (Å²) in [5.41, 5.74) is 7.77. The number of amides is 1. The number of anilines is 1. The van der Waals surface area contributed by atoms with Gasteiger partial charge in [0.2, 0.25) is 5.91 Å². The normalized spacial score (nSPS) is 20.9. The zero-order valence-corrected chi connectivity index (χ0v) is 12.3. The van der Waals surface area contributed by atoms with Crippen LogP contribution in [-0.4, -0.2) is 61.5 Å². The molecule has 0 saturated carbocycles. The van der Waals surface area contributed by atoms with Crippen LogP contribution in [0.3, 0.4) is 0 Å². The molecule has 1 saturated heterocycles. The van der Waals surface area contributed by atoms with E-state index in [0.717, 1.165) is 30.9 Å². The maximum atomic E-state index is 12.2. The zero-order valence-electron chi connectivity index (χ0n) is 12.3. The van der Waals surface area contributed by atoms with Gasteiger partial charge in [-0.25, -0.2) is 0 Å². The summed E-state index contributed by atoms with van der Waals surface area (Å²) in [5.74, 6) is 0.0299. The molecule has 0 bridgehead atoms. The second-order valence-electron chi connectivity index (χ2n) is 5.49. The summed E-state index contributed by atoms with van der Waals surface area (Å²) in [4.78, 5) is 16.6. The van der Waals surface area contributed by atoms with Gasteiger partial charge in [0.05, 0.1) is 6.54 Å². The van der Waals surface area contributed by atoms with Gasteiger partial charge in [0.1, 0.15) is 0 Å². The first-order valence-electron chi connectivity index (χ1n) is 7.08. The lowest BCUT2D eigenvalue weighted by Crippen LogP contribution is -2.56. The van der Waals surface area contributed by atoms with Gasteiger partial charge in [-0.1, -0.05) is 18.2 Å². The van der Waals surface area contributed by atoms with E-state index in [4.69, 9.17) is 5.73 Å². The highest BCUT2D eigenvalue weighted by molar-refractivity contribution is 5.92. The molecule has 5 nitrogen and oxygen atoms in total. The average Bonchev–Trinajstić information content (AvgIpc) is 2.43. The fourth-order valence-electron chi connectivity index (χ4n) is 2.57. The number of likely N-dealkylation sites (N-methyl/N-ethyl adjacent to an activating group) is 1. The third-order valence-corrected chi connectivity index (χ3v) is 3.85. The van der Waals surface area contributed by atoms with Crippen molar-refractivity contribution >= 4 is 11.6 Å². The molecule has 1 aliphatic heterocycles. The quantitative estimate of drug-likeness (QED) is 0.841. The van der Waals surface area contributed by atoms with Crippen LogP contribution in [0.5, 0.6) is 0 Å². The van der Waals surface area contributed by atoms with E-state index in [1.807, 2.05) is 31.2 Å². The number of aryl methyl sites for hydroxylation is 1. The molecule has 1 amide bonds. The Balaban J connectivity index is 1.92. The second kappa shape index (κ2) is 6.83. The summed E-state index contributed by atoms with van der Waals surface area (Å²) in [6, 6.07) is 8.08. The minimum Gasteiger partial charge on any atom is -0.329 e. The van der Waals surface area contributed by atoms with Crippen LogP contribution in [0.1, 0.15) is 5.56 Å². The van der Waals surface area contributed by atoms with E-state index in [9.17, 15) is 4.79 Å². The van der Waals surface area contributed by atoms with Gasteiger partial charge in [-0.3, -0.25) is 9.69 Å². The highest BCUT2D eigenvalue weighted by Gasteiger charge is 2.25. The van der Waals surface area contributed by atoms with Crippen molar-refractivity contribution in [3.05, 3.63) is 29.8 Å².